The van der Waals surface area contributed by atoms with Crippen molar-refractivity contribution in [1.29, 1.82) is 5.26 Å². The second kappa shape index (κ2) is 3.75. The van der Waals surface area contributed by atoms with Crippen LogP contribution in [0.5, 0.6) is 0 Å². The van der Waals surface area contributed by atoms with E-state index in [1.54, 1.807) is 36.9 Å². The first-order valence-electron chi connectivity index (χ1n) is 4.81. The second-order valence-electron chi connectivity index (χ2n) is 3.50. The maximum absolute atomic E-state index is 10.9. The Labute approximate surface area is 96.7 Å². The van der Waals surface area contributed by atoms with E-state index in [1.165, 1.54) is 4.57 Å². The van der Waals surface area contributed by atoms with E-state index in [2.05, 4.69) is 4.98 Å². The van der Waals surface area contributed by atoms with E-state index in [-0.39, 0.29) is 11.6 Å². The van der Waals surface area contributed by atoms with Crippen molar-refractivity contribution in [2.75, 3.05) is 0 Å². The van der Waals surface area contributed by atoms with E-state index in [4.69, 9.17) is 5.26 Å². The number of aromatic nitrogens is 3. The molecule has 0 aliphatic carbocycles. The van der Waals surface area contributed by atoms with Gasteiger partial charge in [-0.1, -0.05) is 0 Å². The third-order valence-electron chi connectivity index (χ3n) is 2.54. The number of nitrogens with zero attached hydrogens (tertiary/aromatic N) is 5. The Morgan fingerprint density at radius 2 is 2.29 bits per heavy atom. The number of nitriles is 1. The predicted molar refractivity (Wildman–Crippen MR) is 58.6 cm³/mol. The summed E-state index contributed by atoms with van der Waals surface area (Å²) in [6.45, 7) is 1.67. The average Bonchev–Trinajstić information content (AvgIpc) is 2.84. The van der Waals surface area contributed by atoms with E-state index in [0.717, 1.165) is 0 Å². The SMILES string of the molecule is Cc1nc([N+](=O)[O-])c(-n2cccc2C#N)n1C. The molecule has 0 aliphatic heterocycles. The van der Waals surface area contributed by atoms with Gasteiger partial charge in [0.25, 0.3) is 0 Å². The smallest absolute Gasteiger partial charge is 0.358 e. The topological polar surface area (TPSA) is 89.7 Å². The average molecular weight is 231 g/mol. The van der Waals surface area contributed by atoms with Crippen LogP contribution >= 0.6 is 0 Å². The predicted octanol–water partition coefficient (Wildman–Crippen LogP) is 1.30. The normalized spacial score (nSPS) is 10.2. The van der Waals surface area contributed by atoms with Crippen molar-refractivity contribution in [2.45, 2.75) is 6.92 Å². The molecular formula is C10H9N5O2. The van der Waals surface area contributed by atoms with Gasteiger partial charge in [0.15, 0.2) is 0 Å². The van der Waals surface area contributed by atoms with Crippen LogP contribution in [-0.4, -0.2) is 19.0 Å². The minimum absolute atomic E-state index is 0.252. The number of hydrogen-bond acceptors (Lipinski definition) is 4. The van der Waals surface area contributed by atoms with Gasteiger partial charge in [-0.25, -0.2) is 0 Å². The molecule has 0 radical (unpaired) electrons. The first kappa shape index (κ1) is 10.9. The quantitative estimate of drug-likeness (QED) is 0.575. The van der Waals surface area contributed by atoms with Gasteiger partial charge in [-0.2, -0.15) is 5.26 Å². The maximum atomic E-state index is 10.9. The lowest BCUT2D eigenvalue weighted by Crippen LogP contribution is -2.05. The molecule has 0 atom stereocenters. The largest absolute Gasteiger partial charge is 0.407 e. The molecule has 7 heteroatoms. The summed E-state index contributed by atoms with van der Waals surface area (Å²) < 4.78 is 3.04. The molecule has 0 fully saturated rings. The highest BCUT2D eigenvalue weighted by Crippen LogP contribution is 2.24. The zero-order valence-corrected chi connectivity index (χ0v) is 9.28. The van der Waals surface area contributed by atoms with Gasteiger partial charge >= 0.3 is 5.82 Å². The van der Waals surface area contributed by atoms with Crippen molar-refractivity contribution < 1.29 is 4.92 Å². The van der Waals surface area contributed by atoms with E-state index >= 15 is 0 Å². The fourth-order valence-corrected chi connectivity index (χ4v) is 1.63. The van der Waals surface area contributed by atoms with Crippen LogP contribution in [0.1, 0.15) is 11.5 Å². The first-order valence-corrected chi connectivity index (χ1v) is 4.81. The standard InChI is InChI=1S/C10H9N5O2/c1-7-12-9(15(16)17)10(13(7)2)14-5-3-4-8(14)6-11/h3-5H,1-2H3. The van der Waals surface area contributed by atoms with Crippen molar-refractivity contribution in [3.05, 3.63) is 40.0 Å². The third-order valence-corrected chi connectivity index (χ3v) is 2.54. The second-order valence-corrected chi connectivity index (χ2v) is 3.50. The van der Waals surface area contributed by atoms with Crippen molar-refractivity contribution in [3.63, 3.8) is 0 Å². The maximum Gasteiger partial charge on any atom is 0.407 e. The highest BCUT2D eigenvalue weighted by molar-refractivity contribution is 5.47. The molecule has 0 saturated heterocycles. The number of hydrogen-bond donors (Lipinski definition) is 0. The molecular weight excluding hydrogens is 222 g/mol. The van der Waals surface area contributed by atoms with Crippen LogP contribution in [0.3, 0.4) is 0 Å². The summed E-state index contributed by atoms with van der Waals surface area (Å²) in [5, 5.41) is 19.8. The van der Waals surface area contributed by atoms with Crippen LogP contribution in [0, 0.1) is 28.4 Å². The van der Waals surface area contributed by atoms with Crippen LogP contribution in [0.25, 0.3) is 5.82 Å². The summed E-state index contributed by atoms with van der Waals surface area (Å²) in [5.41, 5.74) is 0.330. The van der Waals surface area contributed by atoms with Gasteiger partial charge in [-0.05, 0) is 22.0 Å². The summed E-state index contributed by atoms with van der Waals surface area (Å²) in [7, 11) is 1.67. The molecule has 2 rings (SSSR count). The number of nitro groups is 1. The molecule has 0 unspecified atom stereocenters. The van der Waals surface area contributed by atoms with Crippen molar-refractivity contribution >= 4 is 5.82 Å². The highest BCUT2D eigenvalue weighted by Gasteiger charge is 2.25. The molecule has 0 aromatic carbocycles. The van der Waals surface area contributed by atoms with E-state index in [0.29, 0.717) is 11.5 Å². The van der Waals surface area contributed by atoms with Crippen LogP contribution in [-0.2, 0) is 7.05 Å². The minimum Gasteiger partial charge on any atom is -0.358 e. The molecule has 0 spiro atoms. The molecule has 0 N–H and O–H groups in total. The molecule has 0 saturated carbocycles. The highest BCUT2D eigenvalue weighted by atomic mass is 16.6. The molecule has 0 aliphatic rings. The lowest BCUT2D eigenvalue weighted by Gasteiger charge is -2.04. The minimum atomic E-state index is -0.552. The lowest BCUT2D eigenvalue weighted by molar-refractivity contribution is -0.389. The number of imidazole rings is 1. The lowest BCUT2D eigenvalue weighted by atomic mass is 10.4. The zero-order valence-electron chi connectivity index (χ0n) is 9.28. The van der Waals surface area contributed by atoms with Crippen LogP contribution < -0.4 is 0 Å². The molecule has 2 aromatic rings. The summed E-state index contributed by atoms with van der Waals surface area (Å²) in [6.07, 6.45) is 1.60. The Hall–Kier alpha value is -2.62. The Bertz CT molecular complexity index is 632. The Morgan fingerprint density at radius 3 is 2.88 bits per heavy atom. The molecule has 0 bridgehead atoms. The van der Waals surface area contributed by atoms with Gasteiger partial charge in [0.1, 0.15) is 11.8 Å². The third kappa shape index (κ3) is 1.56. The van der Waals surface area contributed by atoms with Gasteiger partial charge in [-0.15, -0.1) is 0 Å². The Balaban J connectivity index is 2.75. The van der Waals surface area contributed by atoms with Crippen molar-refractivity contribution in [1.82, 2.24) is 14.1 Å². The Kier molecular flexibility index (Phi) is 2.40. The van der Waals surface area contributed by atoms with E-state index < -0.39 is 4.92 Å². The molecule has 7 nitrogen and oxygen atoms in total. The van der Waals surface area contributed by atoms with Crippen molar-refractivity contribution in [3.8, 4) is 11.9 Å². The van der Waals surface area contributed by atoms with Crippen LogP contribution in [0.2, 0.25) is 0 Å². The molecule has 2 aromatic heterocycles. The van der Waals surface area contributed by atoms with Gasteiger partial charge in [0, 0.05) is 20.2 Å². The van der Waals surface area contributed by atoms with Gasteiger partial charge in [-0.3, -0.25) is 9.13 Å². The Morgan fingerprint density at radius 1 is 1.59 bits per heavy atom. The zero-order chi connectivity index (χ0) is 12.6. The van der Waals surface area contributed by atoms with Gasteiger partial charge in [0.05, 0.1) is 0 Å². The monoisotopic (exact) mass is 231 g/mol. The molecule has 0 amide bonds. The molecule has 17 heavy (non-hydrogen) atoms. The summed E-state index contributed by atoms with van der Waals surface area (Å²) in [5.74, 6) is 0.552. The van der Waals surface area contributed by atoms with Crippen LogP contribution in [0.4, 0.5) is 5.82 Å². The van der Waals surface area contributed by atoms with E-state index in [9.17, 15) is 10.1 Å². The van der Waals surface area contributed by atoms with Crippen LogP contribution in [0.15, 0.2) is 18.3 Å². The number of rotatable bonds is 2. The molecule has 2 heterocycles. The number of aryl methyl sites for hydroxylation is 1. The molecule has 86 valence electrons. The van der Waals surface area contributed by atoms with E-state index in [1.807, 2.05) is 6.07 Å². The van der Waals surface area contributed by atoms with Gasteiger partial charge < -0.3 is 10.1 Å². The summed E-state index contributed by atoms with van der Waals surface area (Å²) in [4.78, 5) is 14.2. The fourth-order valence-electron chi connectivity index (χ4n) is 1.63. The first-order chi connectivity index (χ1) is 8.06. The van der Waals surface area contributed by atoms with Gasteiger partial charge in [0.2, 0.25) is 11.6 Å². The fraction of sp³-hybridized carbons (Fsp3) is 0.200. The summed E-state index contributed by atoms with van der Waals surface area (Å²) >= 11 is 0. The van der Waals surface area contributed by atoms with Crippen molar-refractivity contribution in [2.24, 2.45) is 7.05 Å². The summed E-state index contributed by atoms with van der Waals surface area (Å²) in [6, 6.07) is 5.22.